The Labute approximate surface area is 105 Å². The predicted octanol–water partition coefficient (Wildman–Crippen LogP) is 3.77. The van der Waals surface area contributed by atoms with Crippen LogP contribution in [0.25, 0.3) is 5.69 Å². The Hall–Kier alpha value is -1.56. The van der Waals surface area contributed by atoms with Gasteiger partial charge in [-0.3, -0.25) is 0 Å². The van der Waals surface area contributed by atoms with Gasteiger partial charge < -0.3 is 4.57 Å². The molecule has 0 aliphatic carbocycles. The molecule has 0 N–H and O–H groups in total. The molecule has 2 rings (SSSR count). The van der Waals surface area contributed by atoms with Crippen LogP contribution in [0.3, 0.4) is 0 Å². The topological polar surface area (TPSA) is 17.8 Å². The van der Waals surface area contributed by atoms with Crippen LogP contribution in [0, 0.1) is 5.82 Å². The summed E-state index contributed by atoms with van der Waals surface area (Å²) in [5.41, 5.74) is -0.246. The smallest absolute Gasteiger partial charge is 0.305 e. The van der Waals surface area contributed by atoms with Gasteiger partial charge in [0.15, 0.2) is 5.69 Å². The summed E-state index contributed by atoms with van der Waals surface area (Å²) < 4.78 is 51.4. The maximum Gasteiger partial charge on any atom is 0.434 e. The summed E-state index contributed by atoms with van der Waals surface area (Å²) in [6.45, 7) is 0. The first-order valence-electron chi connectivity index (χ1n) is 4.88. The first-order valence-corrected chi connectivity index (χ1v) is 5.41. The molecule has 1 aromatic heterocycles. The Morgan fingerprint density at radius 1 is 1.28 bits per heavy atom. The van der Waals surface area contributed by atoms with Crippen LogP contribution >= 0.6 is 11.6 Å². The average Bonchev–Trinajstić information content (AvgIpc) is 2.77. The lowest BCUT2D eigenvalue weighted by molar-refractivity contribution is -0.140. The quantitative estimate of drug-likeness (QED) is 0.604. The van der Waals surface area contributed by atoms with Gasteiger partial charge in [0.2, 0.25) is 0 Å². The Bertz CT molecular complexity index is 562. The van der Waals surface area contributed by atoms with Crippen molar-refractivity contribution in [3.63, 3.8) is 0 Å². The van der Waals surface area contributed by atoms with Crippen molar-refractivity contribution in [2.45, 2.75) is 12.1 Å². The van der Waals surface area contributed by atoms with Gasteiger partial charge >= 0.3 is 6.18 Å². The van der Waals surface area contributed by atoms with Crippen molar-refractivity contribution in [3.05, 3.63) is 47.8 Å². The van der Waals surface area contributed by atoms with E-state index in [2.05, 4.69) is 4.98 Å². The molecular formula is C11H7ClF4N2. The van der Waals surface area contributed by atoms with Crippen molar-refractivity contribution in [1.29, 1.82) is 0 Å². The van der Waals surface area contributed by atoms with Crippen LogP contribution in [-0.2, 0) is 12.1 Å². The molecule has 0 radical (unpaired) electrons. The van der Waals surface area contributed by atoms with Crippen molar-refractivity contribution < 1.29 is 17.6 Å². The number of benzene rings is 1. The molecule has 0 aliphatic rings. The molecular weight excluding hydrogens is 272 g/mol. The molecule has 2 nitrogen and oxygen atoms in total. The maximum atomic E-state index is 13.0. The summed E-state index contributed by atoms with van der Waals surface area (Å²) in [4.78, 5) is 3.26. The second-order valence-electron chi connectivity index (χ2n) is 3.57. The summed E-state index contributed by atoms with van der Waals surface area (Å²) >= 11 is 5.63. The number of aromatic nitrogens is 2. The van der Waals surface area contributed by atoms with Crippen molar-refractivity contribution in [2.24, 2.45) is 0 Å². The Kier molecular flexibility index (Phi) is 3.30. The van der Waals surface area contributed by atoms with E-state index in [1.807, 2.05) is 0 Å². The number of imidazole rings is 1. The highest BCUT2D eigenvalue weighted by atomic mass is 35.5. The predicted molar refractivity (Wildman–Crippen MR) is 58.1 cm³/mol. The van der Waals surface area contributed by atoms with Crippen molar-refractivity contribution in [1.82, 2.24) is 9.55 Å². The Balaban J connectivity index is 2.46. The molecule has 1 heterocycles. The molecule has 0 atom stereocenters. The molecule has 0 fully saturated rings. The van der Waals surface area contributed by atoms with Crippen LogP contribution in [-0.4, -0.2) is 9.55 Å². The lowest BCUT2D eigenvalue weighted by Crippen LogP contribution is -2.05. The summed E-state index contributed by atoms with van der Waals surface area (Å²) in [5, 5.41) is 0. The van der Waals surface area contributed by atoms with Crippen LogP contribution in [0.2, 0.25) is 0 Å². The lowest BCUT2D eigenvalue weighted by atomic mass is 10.2. The molecule has 7 heteroatoms. The minimum absolute atomic E-state index is 0.00732. The third-order valence-corrected chi connectivity index (χ3v) is 2.62. The van der Waals surface area contributed by atoms with Crippen LogP contribution in [0.1, 0.15) is 11.3 Å². The fourth-order valence-electron chi connectivity index (χ4n) is 1.51. The normalized spacial score (nSPS) is 11.8. The van der Waals surface area contributed by atoms with Gasteiger partial charge in [0.05, 0.1) is 12.0 Å². The van der Waals surface area contributed by atoms with E-state index in [1.165, 1.54) is 16.7 Å². The van der Waals surface area contributed by atoms with E-state index >= 15 is 0 Å². The van der Waals surface area contributed by atoms with Gasteiger partial charge in [0.1, 0.15) is 5.82 Å². The number of hydrogen-bond donors (Lipinski definition) is 0. The van der Waals surface area contributed by atoms with E-state index in [0.29, 0.717) is 11.3 Å². The zero-order valence-electron chi connectivity index (χ0n) is 8.88. The molecule has 0 saturated heterocycles. The first kappa shape index (κ1) is 12.9. The third-order valence-electron chi connectivity index (χ3n) is 2.34. The highest BCUT2D eigenvalue weighted by Crippen LogP contribution is 2.28. The average molecular weight is 279 g/mol. The molecule has 18 heavy (non-hydrogen) atoms. The molecule has 0 saturated carbocycles. The largest absolute Gasteiger partial charge is 0.434 e. The standard InChI is InChI=1S/C11H7ClF4N2/c12-4-7-3-8(13)1-2-9(7)18-5-10(17-6-18)11(14,15)16/h1-3,5-6H,4H2. The first-order chi connectivity index (χ1) is 8.41. The van der Waals surface area contributed by atoms with E-state index in [-0.39, 0.29) is 5.88 Å². The van der Waals surface area contributed by atoms with Crippen LogP contribution < -0.4 is 0 Å². The second kappa shape index (κ2) is 4.61. The molecule has 0 bridgehead atoms. The van der Waals surface area contributed by atoms with E-state index in [4.69, 9.17) is 11.6 Å². The number of rotatable bonds is 2. The molecule has 0 amide bonds. The van der Waals surface area contributed by atoms with E-state index in [0.717, 1.165) is 18.6 Å². The summed E-state index contributed by atoms with van der Waals surface area (Å²) in [5.74, 6) is -0.502. The van der Waals surface area contributed by atoms with E-state index in [1.54, 1.807) is 0 Å². The third kappa shape index (κ3) is 2.48. The van der Waals surface area contributed by atoms with Gasteiger partial charge in [0, 0.05) is 12.1 Å². The zero-order valence-corrected chi connectivity index (χ0v) is 9.63. The lowest BCUT2D eigenvalue weighted by Gasteiger charge is -2.07. The summed E-state index contributed by atoms with van der Waals surface area (Å²) in [6, 6.07) is 3.68. The van der Waals surface area contributed by atoms with Gasteiger partial charge in [0.25, 0.3) is 0 Å². The molecule has 0 aliphatic heterocycles. The number of nitrogens with zero attached hydrogens (tertiary/aromatic N) is 2. The second-order valence-corrected chi connectivity index (χ2v) is 3.84. The van der Waals surface area contributed by atoms with Crippen LogP contribution in [0.4, 0.5) is 17.6 Å². The van der Waals surface area contributed by atoms with E-state index < -0.39 is 17.7 Å². The molecule has 1 aromatic carbocycles. The summed E-state index contributed by atoms with van der Waals surface area (Å²) in [7, 11) is 0. The van der Waals surface area contributed by atoms with Gasteiger partial charge in [-0.15, -0.1) is 11.6 Å². The SMILES string of the molecule is Fc1ccc(-n2cnc(C(F)(F)F)c2)c(CCl)c1. The highest BCUT2D eigenvalue weighted by Gasteiger charge is 2.33. The van der Waals surface area contributed by atoms with Gasteiger partial charge in [-0.25, -0.2) is 9.37 Å². The van der Waals surface area contributed by atoms with Gasteiger partial charge in [-0.2, -0.15) is 13.2 Å². The zero-order chi connectivity index (χ0) is 13.3. The van der Waals surface area contributed by atoms with Gasteiger partial charge in [-0.1, -0.05) is 0 Å². The van der Waals surface area contributed by atoms with E-state index in [9.17, 15) is 17.6 Å². The fraction of sp³-hybridized carbons (Fsp3) is 0.182. The minimum Gasteiger partial charge on any atom is -0.305 e. The Morgan fingerprint density at radius 3 is 2.56 bits per heavy atom. The van der Waals surface area contributed by atoms with Crippen molar-refractivity contribution in [2.75, 3.05) is 0 Å². The number of hydrogen-bond acceptors (Lipinski definition) is 1. The molecule has 0 unspecified atom stereocenters. The molecule has 0 spiro atoms. The molecule has 2 aromatic rings. The van der Waals surface area contributed by atoms with Crippen LogP contribution in [0.5, 0.6) is 0 Å². The minimum atomic E-state index is -4.51. The van der Waals surface area contributed by atoms with Crippen LogP contribution in [0.15, 0.2) is 30.7 Å². The van der Waals surface area contributed by atoms with Gasteiger partial charge in [-0.05, 0) is 23.8 Å². The monoisotopic (exact) mass is 278 g/mol. The number of alkyl halides is 4. The highest BCUT2D eigenvalue weighted by molar-refractivity contribution is 6.17. The maximum absolute atomic E-state index is 13.0. The van der Waals surface area contributed by atoms with Crippen molar-refractivity contribution >= 4 is 11.6 Å². The van der Waals surface area contributed by atoms with Crippen molar-refractivity contribution in [3.8, 4) is 5.69 Å². The molecule has 96 valence electrons. The Morgan fingerprint density at radius 2 is 2.00 bits per heavy atom. The fourth-order valence-corrected chi connectivity index (χ4v) is 1.73. The number of halogens is 5. The summed E-state index contributed by atoms with van der Waals surface area (Å²) in [6.07, 6.45) is -2.65.